The first-order valence-electron chi connectivity index (χ1n) is 10.3. The van der Waals surface area contributed by atoms with Crippen LogP contribution in [0.1, 0.15) is 24.0 Å². The van der Waals surface area contributed by atoms with Crippen LogP contribution in [0.5, 0.6) is 11.5 Å². The van der Waals surface area contributed by atoms with E-state index in [9.17, 15) is 9.90 Å². The number of hydrogen-bond acceptors (Lipinski definition) is 5. The first kappa shape index (κ1) is 22.2. The molecule has 0 amide bonds. The number of rotatable bonds is 7. The Balaban J connectivity index is 1.25. The fraction of sp³-hybridized carbons (Fsp3) is 0.435. The Morgan fingerprint density at radius 1 is 1.19 bits per heavy atom. The van der Waals surface area contributed by atoms with Gasteiger partial charge in [0.2, 0.25) is 0 Å². The Labute approximate surface area is 191 Å². The van der Waals surface area contributed by atoms with Gasteiger partial charge in [-0.3, -0.25) is 4.79 Å². The van der Waals surface area contributed by atoms with Gasteiger partial charge in [0.05, 0.1) is 6.42 Å². The summed E-state index contributed by atoms with van der Waals surface area (Å²) >= 11 is 12.1. The molecule has 0 radical (unpaired) electrons. The highest BCUT2D eigenvalue weighted by Crippen LogP contribution is 2.41. The molecular weight excluding hydrogens is 441 g/mol. The van der Waals surface area contributed by atoms with Crippen molar-refractivity contribution >= 4 is 29.2 Å². The predicted octanol–water partition coefficient (Wildman–Crippen LogP) is 3.83. The molecule has 2 aliphatic heterocycles. The molecule has 0 saturated carbocycles. The minimum atomic E-state index is -0.959. The molecule has 2 aliphatic rings. The summed E-state index contributed by atoms with van der Waals surface area (Å²) in [6, 6.07) is 10.7. The molecule has 1 fully saturated rings. The smallest absolute Gasteiger partial charge is 0.307 e. The molecule has 2 aromatic rings. The number of carboxylic acids is 1. The summed E-state index contributed by atoms with van der Waals surface area (Å²) < 4.78 is 11.9. The number of β-amino-alcohol motifs (C(OH)–C–C–N with tert-alkyl or cyclic N) is 1. The van der Waals surface area contributed by atoms with Crippen LogP contribution in [0.4, 0.5) is 0 Å². The number of fused-ring (bicyclic) bond motifs is 1. The summed E-state index contributed by atoms with van der Waals surface area (Å²) in [7, 11) is 0. The van der Waals surface area contributed by atoms with Crippen molar-refractivity contribution in [1.29, 1.82) is 0 Å². The van der Waals surface area contributed by atoms with Gasteiger partial charge in [-0.2, -0.15) is 0 Å². The van der Waals surface area contributed by atoms with Crippen LogP contribution in [0.25, 0.3) is 0 Å². The van der Waals surface area contributed by atoms with E-state index in [4.69, 9.17) is 37.8 Å². The van der Waals surface area contributed by atoms with Crippen LogP contribution in [-0.4, -0.2) is 59.0 Å². The fourth-order valence-electron chi connectivity index (χ4n) is 4.31. The Morgan fingerprint density at radius 3 is 2.71 bits per heavy atom. The van der Waals surface area contributed by atoms with Crippen LogP contribution in [0.15, 0.2) is 36.4 Å². The van der Waals surface area contributed by atoms with E-state index < -0.39 is 12.1 Å². The molecule has 2 aromatic carbocycles. The maximum Gasteiger partial charge on any atom is 0.307 e. The largest absolute Gasteiger partial charge is 0.491 e. The highest BCUT2D eigenvalue weighted by molar-refractivity contribution is 6.31. The Hall–Kier alpha value is -1.99. The minimum Gasteiger partial charge on any atom is -0.491 e. The van der Waals surface area contributed by atoms with Crippen molar-refractivity contribution in [2.75, 3.05) is 26.2 Å². The number of aliphatic hydroxyl groups is 1. The number of carbonyl (C=O) groups is 1. The predicted molar refractivity (Wildman–Crippen MR) is 118 cm³/mol. The number of aliphatic carboxylic acids is 1. The van der Waals surface area contributed by atoms with Crippen molar-refractivity contribution in [1.82, 2.24) is 4.90 Å². The van der Waals surface area contributed by atoms with Crippen molar-refractivity contribution in [2.24, 2.45) is 0 Å². The van der Waals surface area contributed by atoms with Crippen molar-refractivity contribution < 1.29 is 24.5 Å². The third-order valence-electron chi connectivity index (χ3n) is 5.90. The molecule has 0 aromatic heterocycles. The third-order valence-corrected chi connectivity index (χ3v) is 6.50. The second-order valence-corrected chi connectivity index (χ2v) is 9.15. The van der Waals surface area contributed by atoms with Gasteiger partial charge in [-0.05, 0) is 47.5 Å². The average molecular weight is 466 g/mol. The van der Waals surface area contributed by atoms with Gasteiger partial charge in [-0.15, -0.1) is 0 Å². The lowest BCUT2D eigenvalue weighted by Gasteiger charge is -2.39. The van der Waals surface area contributed by atoms with E-state index in [2.05, 4.69) is 4.90 Å². The highest BCUT2D eigenvalue weighted by Gasteiger charge is 2.42. The highest BCUT2D eigenvalue weighted by atomic mass is 35.5. The Bertz CT molecular complexity index is 959. The number of benzene rings is 2. The number of ether oxygens (including phenoxy) is 2. The van der Waals surface area contributed by atoms with Crippen LogP contribution in [0.3, 0.4) is 0 Å². The van der Waals surface area contributed by atoms with Crippen molar-refractivity contribution in [3.8, 4) is 11.5 Å². The zero-order valence-electron chi connectivity index (χ0n) is 17.0. The van der Waals surface area contributed by atoms with Gasteiger partial charge in [-0.25, -0.2) is 0 Å². The summed E-state index contributed by atoms with van der Waals surface area (Å²) in [5.74, 6) is 0.462. The number of halogens is 2. The lowest BCUT2D eigenvalue weighted by Crippen LogP contribution is -2.49. The Kier molecular flexibility index (Phi) is 6.63. The number of likely N-dealkylation sites (tertiary alicyclic amines) is 1. The molecule has 4 rings (SSSR count). The van der Waals surface area contributed by atoms with Gasteiger partial charge in [-0.1, -0.05) is 23.2 Å². The van der Waals surface area contributed by atoms with E-state index in [1.54, 1.807) is 18.2 Å². The molecule has 1 atom stereocenters. The number of aliphatic hydroxyl groups excluding tert-OH is 1. The molecule has 0 bridgehead atoms. The number of piperidine rings is 1. The maximum absolute atomic E-state index is 10.9. The van der Waals surface area contributed by atoms with Crippen molar-refractivity contribution in [3.63, 3.8) is 0 Å². The number of hydrogen-bond donors (Lipinski definition) is 2. The molecule has 166 valence electrons. The first-order chi connectivity index (χ1) is 14.8. The molecule has 6 nitrogen and oxygen atoms in total. The van der Waals surface area contributed by atoms with Gasteiger partial charge in [0.15, 0.2) is 0 Å². The molecule has 2 heterocycles. The zero-order valence-corrected chi connectivity index (χ0v) is 18.5. The standard InChI is InChI=1S/C23H25Cl2NO5/c24-17-1-4-21-16(9-17)12-23(31-21)5-7-26(8-6-23)13-18(27)14-30-19-2-3-20(25)15(10-19)11-22(28)29/h1-4,9-10,18,27H,5-8,11-14H2,(H,28,29)/t18-/m1/s1. The maximum atomic E-state index is 10.9. The van der Waals surface area contributed by atoms with E-state index in [-0.39, 0.29) is 18.6 Å². The van der Waals surface area contributed by atoms with Gasteiger partial charge >= 0.3 is 5.97 Å². The van der Waals surface area contributed by atoms with Crippen molar-refractivity contribution in [2.45, 2.75) is 37.4 Å². The molecule has 1 saturated heterocycles. The van der Waals surface area contributed by atoms with E-state index in [0.29, 0.717) is 22.9 Å². The molecule has 2 N–H and O–H groups in total. The molecular formula is C23H25Cl2NO5. The van der Waals surface area contributed by atoms with Gasteiger partial charge in [0.1, 0.15) is 29.8 Å². The normalized spacial score (nSPS) is 18.4. The van der Waals surface area contributed by atoms with Gasteiger partial charge in [0, 0.05) is 48.9 Å². The minimum absolute atomic E-state index is 0.121. The van der Waals surface area contributed by atoms with Crippen LogP contribution >= 0.6 is 23.2 Å². The lowest BCUT2D eigenvalue weighted by atomic mass is 9.87. The number of carboxylic acid groups (broad SMARTS) is 1. The van der Waals surface area contributed by atoms with E-state index in [0.717, 1.165) is 43.1 Å². The van der Waals surface area contributed by atoms with Gasteiger partial charge < -0.3 is 24.6 Å². The first-order valence-corrected chi connectivity index (χ1v) is 11.1. The summed E-state index contributed by atoms with van der Waals surface area (Å²) in [5, 5.41) is 20.5. The van der Waals surface area contributed by atoms with Gasteiger partial charge in [0.25, 0.3) is 0 Å². The van der Waals surface area contributed by atoms with Crippen LogP contribution in [-0.2, 0) is 17.6 Å². The SMILES string of the molecule is O=C(O)Cc1cc(OC[C@H](O)CN2CCC3(CC2)Cc2cc(Cl)ccc2O3)ccc1Cl. The average Bonchev–Trinajstić information content (AvgIpc) is 3.07. The summed E-state index contributed by atoms with van der Waals surface area (Å²) in [4.78, 5) is 13.2. The zero-order chi connectivity index (χ0) is 22.0. The second-order valence-electron chi connectivity index (χ2n) is 8.30. The lowest BCUT2D eigenvalue weighted by molar-refractivity contribution is -0.136. The number of nitrogens with zero attached hydrogens (tertiary/aromatic N) is 1. The summed E-state index contributed by atoms with van der Waals surface area (Å²) in [5.41, 5.74) is 1.48. The summed E-state index contributed by atoms with van der Waals surface area (Å²) in [6.45, 7) is 2.30. The van der Waals surface area contributed by atoms with E-state index in [1.807, 2.05) is 18.2 Å². The Morgan fingerprint density at radius 2 is 1.97 bits per heavy atom. The second kappa shape index (κ2) is 9.25. The molecule has 31 heavy (non-hydrogen) atoms. The van der Waals surface area contributed by atoms with Crippen LogP contribution in [0.2, 0.25) is 10.0 Å². The van der Waals surface area contributed by atoms with Crippen LogP contribution in [0, 0.1) is 0 Å². The summed E-state index contributed by atoms with van der Waals surface area (Å²) in [6.07, 6.45) is 1.82. The quantitative estimate of drug-likeness (QED) is 0.646. The monoisotopic (exact) mass is 465 g/mol. The van der Waals surface area contributed by atoms with Crippen molar-refractivity contribution in [3.05, 3.63) is 57.6 Å². The molecule has 1 spiro atoms. The fourth-order valence-corrected chi connectivity index (χ4v) is 4.69. The van der Waals surface area contributed by atoms with Crippen LogP contribution < -0.4 is 9.47 Å². The third kappa shape index (κ3) is 5.44. The van der Waals surface area contributed by atoms with E-state index >= 15 is 0 Å². The molecule has 0 unspecified atom stereocenters. The topological polar surface area (TPSA) is 79.2 Å². The molecule has 0 aliphatic carbocycles. The van der Waals surface area contributed by atoms with E-state index in [1.165, 1.54) is 5.56 Å². The molecule has 8 heteroatoms.